The minimum absolute atomic E-state index is 0.0146. The van der Waals surface area contributed by atoms with E-state index in [0.717, 1.165) is 0 Å². The highest BCUT2D eigenvalue weighted by Gasteiger charge is 2.28. The Bertz CT molecular complexity index is 1380. The molecule has 0 N–H and O–H groups in total. The van der Waals surface area contributed by atoms with Crippen molar-refractivity contribution in [3.63, 3.8) is 0 Å². The zero-order valence-electron chi connectivity index (χ0n) is 24.5. The number of carboxylic acids is 2. The Morgan fingerprint density at radius 3 is 0.600 bits per heavy atom. The lowest BCUT2D eigenvalue weighted by molar-refractivity contribution is -0.322. The maximum absolute atomic E-state index is 9.28. The Hall–Kier alpha value is -5.04. The van der Waals surface area contributed by atoms with Crippen LogP contribution in [0, 0.1) is 0 Å². The van der Waals surface area contributed by atoms with Crippen LogP contribution in [-0.4, -0.2) is 11.9 Å². The van der Waals surface area contributed by atoms with Crippen LogP contribution in [0.15, 0.2) is 211 Å². The van der Waals surface area contributed by atoms with Crippen molar-refractivity contribution in [1.82, 2.24) is 0 Å². The number of benzene rings is 6. The highest BCUT2D eigenvalue weighted by molar-refractivity contribution is 7.97. The number of aliphatic carboxylic acids is 2. The lowest BCUT2D eigenvalue weighted by Gasteiger charge is -2.07. The molecule has 0 amide bonds. The summed E-state index contributed by atoms with van der Waals surface area (Å²) < 4.78 is 0. The molecule has 0 aromatic heterocycles. The second-order valence-corrected chi connectivity index (χ2v) is 13.5. The zero-order valence-corrected chi connectivity index (χ0v) is 26.1. The van der Waals surface area contributed by atoms with Crippen LogP contribution in [0.1, 0.15) is 6.42 Å². The van der Waals surface area contributed by atoms with Crippen molar-refractivity contribution in [1.29, 1.82) is 0 Å². The van der Waals surface area contributed by atoms with E-state index in [9.17, 15) is 19.8 Å². The van der Waals surface area contributed by atoms with Crippen LogP contribution >= 0.6 is 0 Å². The molecule has 0 bridgehead atoms. The van der Waals surface area contributed by atoms with Gasteiger partial charge in [-0.15, -0.1) is 0 Å². The van der Waals surface area contributed by atoms with E-state index in [1.165, 1.54) is 29.4 Å². The first-order chi connectivity index (χ1) is 22.0. The van der Waals surface area contributed by atoms with Crippen LogP contribution in [0.25, 0.3) is 0 Å². The molecule has 0 saturated heterocycles. The molecule has 224 valence electrons. The summed E-state index contributed by atoms with van der Waals surface area (Å²) in [6, 6.07) is 64.3. The van der Waals surface area contributed by atoms with Gasteiger partial charge in [0, 0.05) is 18.4 Å². The molecule has 0 aliphatic rings. The Morgan fingerprint density at radius 2 is 0.489 bits per heavy atom. The summed E-state index contributed by atoms with van der Waals surface area (Å²) in [6.07, 6.45) is -1.03. The van der Waals surface area contributed by atoms with Gasteiger partial charge in [0.2, 0.25) is 0 Å². The van der Waals surface area contributed by atoms with Crippen molar-refractivity contribution in [3.05, 3.63) is 182 Å². The molecule has 0 aliphatic carbocycles. The topological polar surface area (TPSA) is 80.3 Å². The lowest BCUT2D eigenvalue weighted by Crippen LogP contribution is -2.32. The van der Waals surface area contributed by atoms with Gasteiger partial charge in [-0.1, -0.05) is 109 Å². The fourth-order valence-electron chi connectivity index (χ4n) is 4.27. The molecule has 0 atom stereocenters. The van der Waals surface area contributed by atoms with E-state index in [4.69, 9.17) is 0 Å². The number of carboxylic acid groups (broad SMARTS) is 2. The van der Waals surface area contributed by atoms with E-state index in [0.29, 0.717) is 0 Å². The molecule has 0 unspecified atom stereocenters. The van der Waals surface area contributed by atoms with E-state index in [1.54, 1.807) is 0 Å². The van der Waals surface area contributed by atoms with Crippen LogP contribution in [0.3, 0.4) is 0 Å². The Labute approximate surface area is 270 Å². The molecule has 6 heteroatoms. The molecule has 0 radical (unpaired) electrons. The quantitative estimate of drug-likeness (QED) is 0.144. The van der Waals surface area contributed by atoms with Crippen molar-refractivity contribution in [3.8, 4) is 0 Å². The lowest BCUT2D eigenvalue weighted by atomic mass is 10.4. The highest BCUT2D eigenvalue weighted by atomic mass is 32.2. The van der Waals surface area contributed by atoms with Crippen LogP contribution < -0.4 is 10.2 Å². The number of hydrogen-bond acceptors (Lipinski definition) is 4. The van der Waals surface area contributed by atoms with Crippen LogP contribution in [0.5, 0.6) is 0 Å². The van der Waals surface area contributed by atoms with Crippen molar-refractivity contribution in [2.75, 3.05) is 0 Å². The maximum atomic E-state index is 9.28. The van der Waals surface area contributed by atoms with Gasteiger partial charge in [0.1, 0.15) is 0 Å². The second kappa shape index (κ2) is 17.9. The maximum Gasteiger partial charge on any atom is 0.166 e. The largest absolute Gasteiger partial charge is 0.550 e. The summed E-state index contributed by atoms with van der Waals surface area (Å²) in [5.74, 6) is -3.25. The number of carbonyl (C=O) groups is 2. The molecular weight excluding hydrogens is 597 g/mol. The monoisotopic (exact) mass is 628 g/mol. The molecule has 45 heavy (non-hydrogen) atoms. The summed E-state index contributed by atoms with van der Waals surface area (Å²) in [4.78, 5) is 26.7. The smallest absolute Gasteiger partial charge is 0.166 e. The van der Waals surface area contributed by atoms with Gasteiger partial charge in [-0.2, -0.15) is 0 Å². The van der Waals surface area contributed by atoms with E-state index >= 15 is 0 Å². The van der Waals surface area contributed by atoms with E-state index in [2.05, 4.69) is 182 Å². The summed E-state index contributed by atoms with van der Waals surface area (Å²) in [6.45, 7) is 0. The predicted molar refractivity (Wildman–Crippen MR) is 178 cm³/mol. The number of hydrogen-bond donors (Lipinski definition) is 0. The molecule has 6 aromatic rings. The zero-order chi connectivity index (χ0) is 31.7. The first-order valence-electron chi connectivity index (χ1n) is 14.2. The normalized spacial score (nSPS) is 10.2. The summed E-state index contributed by atoms with van der Waals surface area (Å²) >= 11 is 0. The minimum Gasteiger partial charge on any atom is -0.550 e. The second-order valence-electron chi connectivity index (χ2n) is 9.41. The summed E-state index contributed by atoms with van der Waals surface area (Å²) in [5.41, 5.74) is 0. The SMILES string of the molecule is O=C([O-])CC(=O)[O-].c1ccc([S+](c2ccccc2)c2ccccc2)cc1.c1ccc([S+](c2ccccc2)c2ccccc2)cc1. The molecule has 0 heterocycles. The predicted octanol–water partition coefficient (Wildman–Crippen LogP) is 6.44. The van der Waals surface area contributed by atoms with Gasteiger partial charge in [0.05, 0.1) is 21.8 Å². The standard InChI is InChI=1S/2C18H15S.C3H4O4/c2*1-4-10-16(11-5-1)19(17-12-6-2-7-13-17)18-14-8-3-9-15-18;4-2(5)1-3(6)7/h2*1-15H;1H2,(H,4,5)(H,6,7)/q2*+1;/p-2. The van der Waals surface area contributed by atoms with Gasteiger partial charge < -0.3 is 19.8 Å². The van der Waals surface area contributed by atoms with Crippen molar-refractivity contribution >= 4 is 33.7 Å². The molecule has 4 nitrogen and oxygen atoms in total. The Morgan fingerprint density at radius 1 is 0.333 bits per heavy atom. The molecule has 0 saturated carbocycles. The fourth-order valence-corrected chi connectivity index (χ4v) is 8.48. The molecule has 0 fully saturated rings. The average molecular weight is 629 g/mol. The van der Waals surface area contributed by atoms with Crippen LogP contribution in [0.4, 0.5) is 0 Å². The molecule has 6 rings (SSSR count). The first-order valence-corrected chi connectivity index (χ1v) is 16.7. The van der Waals surface area contributed by atoms with Gasteiger partial charge >= 0.3 is 0 Å². The van der Waals surface area contributed by atoms with E-state index < -0.39 is 18.4 Å². The van der Waals surface area contributed by atoms with Crippen LogP contribution in [-0.2, 0) is 31.4 Å². The Kier molecular flexibility index (Phi) is 13.1. The van der Waals surface area contributed by atoms with Gasteiger partial charge in [-0.3, -0.25) is 0 Å². The highest BCUT2D eigenvalue weighted by Crippen LogP contribution is 2.31. The van der Waals surface area contributed by atoms with Gasteiger partial charge in [0.25, 0.3) is 0 Å². The van der Waals surface area contributed by atoms with Crippen molar-refractivity contribution < 1.29 is 19.8 Å². The molecule has 0 aliphatic heterocycles. The fraction of sp³-hybridized carbons (Fsp3) is 0.0256. The molecule has 0 spiro atoms. The number of carbonyl (C=O) groups excluding carboxylic acids is 2. The third-order valence-corrected chi connectivity index (χ3v) is 10.6. The summed E-state index contributed by atoms with van der Waals surface area (Å²) in [5, 5.41) is 18.6. The van der Waals surface area contributed by atoms with E-state index in [1.807, 2.05) is 0 Å². The Balaban J connectivity index is 0.000000170. The minimum atomic E-state index is -1.63. The van der Waals surface area contributed by atoms with Gasteiger partial charge in [-0.05, 0) is 72.8 Å². The first kappa shape index (κ1) is 32.9. The average Bonchev–Trinajstić information content (AvgIpc) is 3.08. The van der Waals surface area contributed by atoms with Gasteiger partial charge in [0.15, 0.2) is 29.4 Å². The van der Waals surface area contributed by atoms with Crippen LogP contribution in [0.2, 0.25) is 0 Å². The van der Waals surface area contributed by atoms with Crippen molar-refractivity contribution in [2.45, 2.75) is 35.8 Å². The van der Waals surface area contributed by atoms with E-state index in [-0.39, 0.29) is 21.8 Å². The number of rotatable bonds is 8. The molecule has 6 aromatic carbocycles. The van der Waals surface area contributed by atoms with Gasteiger partial charge in [-0.25, -0.2) is 0 Å². The summed E-state index contributed by atoms with van der Waals surface area (Å²) in [7, 11) is -0.0293. The van der Waals surface area contributed by atoms with Crippen molar-refractivity contribution in [2.24, 2.45) is 0 Å². The third-order valence-electron chi connectivity index (χ3n) is 6.16. The third kappa shape index (κ3) is 10.6. The molecular formula is C39H32O4S2.